The largest absolute Gasteiger partial charge is 0.242 e. The van der Waals surface area contributed by atoms with Crippen LogP contribution in [-0.2, 0) is 0 Å². The molecule has 0 aliphatic heterocycles. The van der Waals surface area contributed by atoms with E-state index >= 15 is 0 Å². The van der Waals surface area contributed by atoms with Gasteiger partial charge in [-0.2, -0.15) is 0 Å². The molecule has 1 nitrogen and oxygen atoms in total. The molecule has 0 aromatic heterocycles. The summed E-state index contributed by atoms with van der Waals surface area (Å²) in [5.74, 6) is 0. The molecule has 0 unspecified atom stereocenters. The second-order valence-corrected chi connectivity index (χ2v) is 4.54. The number of halogens is 1. The predicted octanol–water partition coefficient (Wildman–Crippen LogP) is 3.89. The number of hydrogen-bond donors (Lipinski definition) is 0. The van der Waals surface area contributed by atoms with Crippen molar-refractivity contribution in [2.75, 3.05) is 13.1 Å². The first-order chi connectivity index (χ1) is 5.35. The Hall–Kier alpha value is 1.04. The number of unbranched alkanes of at least 4 members (excludes halogenated alkanes) is 2. The van der Waals surface area contributed by atoms with Crippen LogP contribution in [0.3, 0.4) is 0 Å². The molecule has 0 atom stereocenters. The zero-order chi connectivity index (χ0) is 8.53. The molecule has 0 aliphatic carbocycles. The first-order valence-corrected chi connectivity index (χ1v) is 7.70. The third-order valence-electron chi connectivity index (χ3n) is 1.62. The molecule has 0 fully saturated rings. The van der Waals surface area contributed by atoms with Crippen molar-refractivity contribution in [2.24, 2.45) is 0 Å². The molecule has 0 aliphatic rings. The molecule has 0 aromatic rings. The van der Waals surface area contributed by atoms with Gasteiger partial charge >= 0.3 is 0 Å². The van der Waals surface area contributed by atoms with E-state index in [9.17, 15) is 0 Å². The minimum atomic E-state index is 1.25. The van der Waals surface area contributed by atoms with Crippen LogP contribution in [0, 0.1) is 0 Å². The Kier molecular flexibility index (Phi) is 9.99. The van der Waals surface area contributed by atoms with E-state index in [0.29, 0.717) is 0 Å². The highest BCUT2D eigenvalue weighted by Gasteiger charge is 2.00. The van der Waals surface area contributed by atoms with E-state index in [1.54, 1.807) is 0 Å². The van der Waals surface area contributed by atoms with Crippen LogP contribution in [0.15, 0.2) is 0 Å². The quantitative estimate of drug-likeness (QED) is 0.516. The van der Waals surface area contributed by atoms with E-state index in [1.165, 1.54) is 38.8 Å². The van der Waals surface area contributed by atoms with Gasteiger partial charge in [-0.1, -0.05) is 26.7 Å². The van der Waals surface area contributed by atoms with Crippen molar-refractivity contribution in [1.82, 2.24) is 4.31 Å². The molecule has 0 heterocycles. The fraction of sp³-hybridized carbons (Fsp3) is 1.00. The zero-order valence-electron chi connectivity index (χ0n) is 7.48. The lowest BCUT2D eigenvalue weighted by atomic mass is 10.3. The summed E-state index contributed by atoms with van der Waals surface area (Å²) >= 11 is 2.37. The van der Waals surface area contributed by atoms with Crippen molar-refractivity contribution >= 4 is 30.3 Å². The fourth-order valence-corrected chi connectivity index (χ4v) is 2.43. The molecule has 0 aromatic carbocycles. The van der Waals surface area contributed by atoms with Crippen LogP contribution >= 0.6 is 30.3 Å². The van der Waals surface area contributed by atoms with E-state index in [1.807, 2.05) is 9.12 Å². The first-order valence-electron chi connectivity index (χ1n) is 4.38. The van der Waals surface area contributed by atoms with Crippen LogP contribution in [0.4, 0.5) is 0 Å². The zero-order valence-corrected chi connectivity index (χ0v) is 10.5. The number of rotatable bonds is 7. The highest BCUT2D eigenvalue weighted by atomic mass is 127. The maximum Gasteiger partial charge on any atom is 0.0146 e. The standard InChI is InChI=1S/C8H18INS/c1-3-5-7-10(11-9)8-6-4-2/h3-8H2,1-2H3. The van der Waals surface area contributed by atoms with Gasteiger partial charge in [0.15, 0.2) is 0 Å². The minimum absolute atomic E-state index is 1.25. The summed E-state index contributed by atoms with van der Waals surface area (Å²) < 4.78 is 2.45. The molecule has 0 rings (SSSR count). The summed E-state index contributed by atoms with van der Waals surface area (Å²) in [6, 6.07) is 0. The van der Waals surface area contributed by atoms with Crippen LogP contribution in [0.1, 0.15) is 39.5 Å². The summed E-state index contributed by atoms with van der Waals surface area (Å²) in [7, 11) is 1.85. The molecule has 0 bridgehead atoms. The Balaban J connectivity index is 3.25. The third kappa shape index (κ3) is 7.40. The van der Waals surface area contributed by atoms with Crippen molar-refractivity contribution in [3.63, 3.8) is 0 Å². The van der Waals surface area contributed by atoms with Gasteiger partial charge in [0.25, 0.3) is 0 Å². The lowest BCUT2D eigenvalue weighted by Crippen LogP contribution is -2.16. The molecule has 0 saturated carbocycles. The summed E-state index contributed by atoms with van der Waals surface area (Å²) in [5, 5.41) is 0. The molecular weight excluding hydrogens is 269 g/mol. The normalized spacial score (nSPS) is 10.9. The molecule has 68 valence electrons. The van der Waals surface area contributed by atoms with Gasteiger partial charge in [-0.25, -0.2) is 4.31 Å². The fourth-order valence-electron chi connectivity index (χ4n) is 0.850. The summed E-state index contributed by atoms with van der Waals surface area (Å²) in [6.45, 7) is 7.00. The van der Waals surface area contributed by atoms with Gasteiger partial charge in [0.05, 0.1) is 0 Å². The second kappa shape index (κ2) is 9.13. The maximum absolute atomic E-state index is 2.45. The van der Waals surface area contributed by atoms with Gasteiger partial charge in [-0.05, 0) is 22.0 Å². The van der Waals surface area contributed by atoms with Gasteiger partial charge in [-0.15, -0.1) is 0 Å². The van der Waals surface area contributed by atoms with Crippen LogP contribution in [0.25, 0.3) is 0 Å². The van der Waals surface area contributed by atoms with Crippen molar-refractivity contribution < 1.29 is 0 Å². The summed E-state index contributed by atoms with van der Waals surface area (Å²) in [4.78, 5) is 0. The van der Waals surface area contributed by atoms with Crippen LogP contribution in [-0.4, -0.2) is 17.4 Å². The van der Waals surface area contributed by atoms with Crippen molar-refractivity contribution in [1.29, 1.82) is 0 Å². The number of nitrogens with zero attached hydrogens (tertiary/aromatic N) is 1. The molecular formula is C8H18INS. The molecule has 11 heavy (non-hydrogen) atoms. The van der Waals surface area contributed by atoms with Gasteiger partial charge in [0.1, 0.15) is 0 Å². The average molecular weight is 287 g/mol. The Morgan fingerprint density at radius 1 is 1.09 bits per heavy atom. The second-order valence-electron chi connectivity index (χ2n) is 2.71. The summed E-state index contributed by atoms with van der Waals surface area (Å²) in [6.07, 6.45) is 5.28. The van der Waals surface area contributed by atoms with Gasteiger partial charge < -0.3 is 0 Å². The summed E-state index contributed by atoms with van der Waals surface area (Å²) in [5.41, 5.74) is 0. The van der Waals surface area contributed by atoms with Crippen LogP contribution in [0.5, 0.6) is 0 Å². The van der Waals surface area contributed by atoms with Crippen molar-refractivity contribution in [3.8, 4) is 0 Å². The van der Waals surface area contributed by atoms with Crippen molar-refractivity contribution in [3.05, 3.63) is 0 Å². The lowest BCUT2D eigenvalue weighted by molar-refractivity contribution is 0.449. The SMILES string of the molecule is CCCCN(CCCC)SI. The van der Waals surface area contributed by atoms with E-state index in [2.05, 4.69) is 39.4 Å². The third-order valence-corrected chi connectivity index (χ3v) is 3.85. The first kappa shape index (κ1) is 12.0. The van der Waals surface area contributed by atoms with E-state index in [4.69, 9.17) is 0 Å². The van der Waals surface area contributed by atoms with Gasteiger partial charge in [0, 0.05) is 34.3 Å². The molecule has 0 spiro atoms. The van der Waals surface area contributed by atoms with E-state index in [0.717, 1.165) is 0 Å². The topological polar surface area (TPSA) is 3.24 Å². The molecule has 0 saturated heterocycles. The molecule has 0 amide bonds. The van der Waals surface area contributed by atoms with Crippen molar-refractivity contribution in [2.45, 2.75) is 39.5 Å². The highest BCUT2D eigenvalue weighted by molar-refractivity contribution is 14.2. The Morgan fingerprint density at radius 3 is 1.82 bits per heavy atom. The maximum atomic E-state index is 2.45. The minimum Gasteiger partial charge on any atom is -0.242 e. The van der Waals surface area contributed by atoms with E-state index < -0.39 is 0 Å². The Labute approximate surface area is 87.0 Å². The smallest absolute Gasteiger partial charge is 0.0146 e. The van der Waals surface area contributed by atoms with Gasteiger partial charge in [0.2, 0.25) is 0 Å². The number of hydrogen-bond acceptors (Lipinski definition) is 2. The van der Waals surface area contributed by atoms with E-state index in [-0.39, 0.29) is 0 Å². The van der Waals surface area contributed by atoms with Gasteiger partial charge in [-0.3, -0.25) is 0 Å². The average Bonchev–Trinajstić information content (AvgIpc) is 2.05. The molecule has 0 N–H and O–H groups in total. The molecule has 0 radical (unpaired) electrons. The highest BCUT2D eigenvalue weighted by Crippen LogP contribution is 2.19. The lowest BCUT2D eigenvalue weighted by Gasteiger charge is -2.16. The molecule has 3 heteroatoms. The Morgan fingerprint density at radius 2 is 1.55 bits per heavy atom. The van der Waals surface area contributed by atoms with Crippen LogP contribution in [0.2, 0.25) is 0 Å². The Bertz CT molecular complexity index is 72.5. The monoisotopic (exact) mass is 287 g/mol. The van der Waals surface area contributed by atoms with Crippen LogP contribution < -0.4 is 0 Å². The predicted molar refractivity (Wildman–Crippen MR) is 63.0 cm³/mol.